The molecule has 0 aliphatic carbocycles. The topological polar surface area (TPSA) is 9.23 Å². The van der Waals surface area contributed by atoms with Crippen LogP contribution in [-0.2, 0) is 0 Å². The Balaban J connectivity index is 2.68. The molecule has 0 spiro atoms. The largest absolute Gasteiger partial charge is 0.496 e. The Morgan fingerprint density at radius 1 is 1.14 bits per heavy atom. The minimum atomic E-state index is -0.261. The van der Waals surface area contributed by atoms with Crippen LogP contribution < -0.4 is 4.74 Å². The molecule has 2 rings (SSSR count). The standard InChI is InChI=1S/C17H17Br2FO/c1-9-6-5-7-12(16(9)20)15(19)14-11(3)13(18)8-10(2)17(14)21-4/h5-8,15H,1-4H3. The van der Waals surface area contributed by atoms with Gasteiger partial charge in [-0.1, -0.05) is 50.1 Å². The fourth-order valence-corrected chi connectivity index (χ4v) is 3.93. The predicted molar refractivity (Wildman–Crippen MR) is 92.1 cm³/mol. The Hall–Kier alpha value is -0.870. The first-order chi connectivity index (χ1) is 9.88. The molecule has 112 valence electrons. The third kappa shape index (κ3) is 3.02. The average Bonchev–Trinajstić information content (AvgIpc) is 2.44. The van der Waals surface area contributed by atoms with Crippen LogP contribution in [0.25, 0.3) is 0 Å². The maximum absolute atomic E-state index is 14.4. The lowest BCUT2D eigenvalue weighted by molar-refractivity contribution is 0.406. The second-order valence-electron chi connectivity index (χ2n) is 5.09. The van der Waals surface area contributed by atoms with Crippen LogP contribution in [-0.4, -0.2) is 7.11 Å². The van der Waals surface area contributed by atoms with E-state index in [1.807, 2.05) is 26.0 Å². The van der Waals surface area contributed by atoms with E-state index in [0.29, 0.717) is 11.1 Å². The Labute approximate surface area is 141 Å². The Bertz CT molecular complexity index is 683. The zero-order chi connectivity index (χ0) is 15.7. The molecule has 1 nitrogen and oxygen atoms in total. The van der Waals surface area contributed by atoms with E-state index in [1.54, 1.807) is 26.2 Å². The molecule has 0 saturated carbocycles. The molecule has 1 atom stereocenters. The summed E-state index contributed by atoms with van der Waals surface area (Å²) >= 11 is 7.21. The van der Waals surface area contributed by atoms with Gasteiger partial charge >= 0.3 is 0 Å². The number of ether oxygens (including phenoxy) is 1. The summed E-state index contributed by atoms with van der Waals surface area (Å²) in [5, 5.41) is 0. The number of methoxy groups -OCH3 is 1. The number of hydrogen-bond donors (Lipinski definition) is 0. The molecule has 21 heavy (non-hydrogen) atoms. The summed E-state index contributed by atoms with van der Waals surface area (Å²) in [5.41, 5.74) is 4.27. The van der Waals surface area contributed by atoms with Crippen LogP contribution in [0.15, 0.2) is 28.7 Å². The van der Waals surface area contributed by atoms with Crippen molar-refractivity contribution in [2.24, 2.45) is 0 Å². The number of alkyl halides is 1. The first kappa shape index (κ1) is 16.5. The lowest BCUT2D eigenvalue weighted by Crippen LogP contribution is -2.05. The molecular formula is C17H17Br2FO. The molecule has 0 bridgehead atoms. The van der Waals surface area contributed by atoms with Crippen molar-refractivity contribution in [3.8, 4) is 5.75 Å². The Kier molecular flexibility index (Phi) is 5.10. The van der Waals surface area contributed by atoms with Crippen molar-refractivity contribution in [2.45, 2.75) is 25.6 Å². The van der Waals surface area contributed by atoms with Crippen LogP contribution in [0.3, 0.4) is 0 Å². The maximum atomic E-state index is 14.4. The van der Waals surface area contributed by atoms with Crippen molar-refractivity contribution in [1.29, 1.82) is 0 Å². The Morgan fingerprint density at radius 3 is 2.43 bits per heavy atom. The number of halogens is 3. The van der Waals surface area contributed by atoms with E-state index in [4.69, 9.17) is 4.74 Å². The Morgan fingerprint density at radius 2 is 1.81 bits per heavy atom. The van der Waals surface area contributed by atoms with Gasteiger partial charge in [0.2, 0.25) is 0 Å². The first-order valence-electron chi connectivity index (χ1n) is 6.61. The maximum Gasteiger partial charge on any atom is 0.130 e. The van der Waals surface area contributed by atoms with Gasteiger partial charge in [-0.05, 0) is 43.5 Å². The van der Waals surface area contributed by atoms with Gasteiger partial charge in [0.15, 0.2) is 0 Å². The van der Waals surface area contributed by atoms with Crippen LogP contribution in [0.1, 0.15) is 32.6 Å². The van der Waals surface area contributed by atoms with Gasteiger partial charge in [0, 0.05) is 15.6 Å². The summed E-state index contributed by atoms with van der Waals surface area (Å²) in [4.78, 5) is -0.261. The van der Waals surface area contributed by atoms with E-state index >= 15 is 0 Å². The molecule has 0 saturated heterocycles. The lowest BCUT2D eigenvalue weighted by Gasteiger charge is -2.21. The third-order valence-corrected chi connectivity index (χ3v) is 5.44. The number of benzene rings is 2. The van der Waals surface area contributed by atoms with Crippen LogP contribution in [0.4, 0.5) is 4.39 Å². The van der Waals surface area contributed by atoms with Gasteiger partial charge in [-0.25, -0.2) is 4.39 Å². The van der Waals surface area contributed by atoms with E-state index in [0.717, 1.165) is 26.9 Å². The summed E-state index contributed by atoms with van der Waals surface area (Å²) in [6, 6.07) is 7.46. The quantitative estimate of drug-likeness (QED) is 0.558. The zero-order valence-corrected chi connectivity index (χ0v) is 15.6. The highest BCUT2D eigenvalue weighted by molar-refractivity contribution is 9.10. The molecule has 0 fully saturated rings. The molecule has 0 aromatic heterocycles. The summed E-state index contributed by atoms with van der Waals surface area (Å²) in [5.74, 6) is 0.608. The highest BCUT2D eigenvalue weighted by Gasteiger charge is 2.24. The molecular weight excluding hydrogens is 399 g/mol. The van der Waals surface area contributed by atoms with Crippen LogP contribution >= 0.6 is 31.9 Å². The van der Waals surface area contributed by atoms with Crippen molar-refractivity contribution >= 4 is 31.9 Å². The monoisotopic (exact) mass is 414 g/mol. The second-order valence-corrected chi connectivity index (χ2v) is 6.86. The molecule has 0 aliphatic heterocycles. The second kappa shape index (κ2) is 6.49. The summed E-state index contributed by atoms with van der Waals surface area (Å²) in [6.45, 7) is 5.76. The zero-order valence-electron chi connectivity index (χ0n) is 12.4. The molecule has 2 aromatic carbocycles. The minimum Gasteiger partial charge on any atom is -0.496 e. The number of rotatable bonds is 3. The van der Waals surface area contributed by atoms with Gasteiger partial charge in [0.1, 0.15) is 11.6 Å². The van der Waals surface area contributed by atoms with E-state index in [1.165, 1.54) is 0 Å². The van der Waals surface area contributed by atoms with Gasteiger partial charge in [-0.2, -0.15) is 0 Å². The SMILES string of the molecule is COc1c(C)cc(Br)c(C)c1C(Br)c1cccc(C)c1F. The van der Waals surface area contributed by atoms with Crippen molar-refractivity contribution in [3.05, 3.63) is 62.4 Å². The molecule has 0 heterocycles. The molecule has 0 radical (unpaired) electrons. The van der Waals surface area contributed by atoms with Crippen LogP contribution in [0.2, 0.25) is 0 Å². The summed E-state index contributed by atoms with van der Waals surface area (Å²) in [7, 11) is 1.64. The van der Waals surface area contributed by atoms with E-state index in [-0.39, 0.29) is 10.6 Å². The third-order valence-electron chi connectivity index (χ3n) is 3.66. The van der Waals surface area contributed by atoms with Gasteiger partial charge in [-0.3, -0.25) is 0 Å². The smallest absolute Gasteiger partial charge is 0.130 e. The van der Waals surface area contributed by atoms with E-state index in [2.05, 4.69) is 31.9 Å². The van der Waals surface area contributed by atoms with Gasteiger partial charge < -0.3 is 4.74 Å². The fraction of sp³-hybridized carbons (Fsp3) is 0.294. The molecule has 4 heteroatoms. The normalized spacial score (nSPS) is 12.3. The van der Waals surface area contributed by atoms with Crippen molar-refractivity contribution < 1.29 is 9.13 Å². The van der Waals surface area contributed by atoms with Crippen LogP contribution in [0.5, 0.6) is 5.75 Å². The summed E-state index contributed by atoms with van der Waals surface area (Å²) in [6.07, 6.45) is 0. The van der Waals surface area contributed by atoms with Crippen molar-refractivity contribution in [2.75, 3.05) is 7.11 Å². The van der Waals surface area contributed by atoms with Crippen molar-refractivity contribution in [3.63, 3.8) is 0 Å². The van der Waals surface area contributed by atoms with Gasteiger partial charge in [-0.15, -0.1) is 0 Å². The minimum absolute atomic E-state index is 0.182. The average molecular weight is 416 g/mol. The first-order valence-corrected chi connectivity index (χ1v) is 8.32. The van der Waals surface area contributed by atoms with E-state index in [9.17, 15) is 4.39 Å². The number of aryl methyl sites for hydroxylation is 2. The van der Waals surface area contributed by atoms with Crippen molar-refractivity contribution in [1.82, 2.24) is 0 Å². The highest BCUT2D eigenvalue weighted by atomic mass is 79.9. The molecule has 0 aliphatic rings. The molecule has 1 unspecified atom stereocenters. The van der Waals surface area contributed by atoms with Crippen LogP contribution in [0, 0.1) is 26.6 Å². The molecule has 0 N–H and O–H groups in total. The lowest BCUT2D eigenvalue weighted by atomic mass is 9.95. The predicted octanol–water partition coefficient (Wildman–Crippen LogP) is 6.01. The number of hydrogen-bond acceptors (Lipinski definition) is 1. The van der Waals surface area contributed by atoms with E-state index < -0.39 is 0 Å². The van der Waals surface area contributed by atoms with Gasteiger partial charge in [0.05, 0.1) is 11.9 Å². The summed E-state index contributed by atoms with van der Waals surface area (Å²) < 4.78 is 21.0. The van der Waals surface area contributed by atoms with Gasteiger partial charge in [0.25, 0.3) is 0 Å². The fourth-order valence-electron chi connectivity index (χ4n) is 2.47. The molecule has 0 amide bonds. The molecule has 2 aromatic rings. The highest BCUT2D eigenvalue weighted by Crippen LogP contribution is 2.43.